The number of hydrogen-bond acceptors (Lipinski definition) is 5. The van der Waals surface area contributed by atoms with Crippen molar-refractivity contribution in [1.29, 1.82) is 0 Å². The summed E-state index contributed by atoms with van der Waals surface area (Å²) in [5.41, 5.74) is -0.348. The smallest absolute Gasteiger partial charge is 0.345 e. The van der Waals surface area contributed by atoms with Gasteiger partial charge in [0.1, 0.15) is 0 Å². The third-order valence-electron chi connectivity index (χ3n) is 5.13. The van der Waals surface area contributed by atoms with E-state index in [1.165, 1.54) is 0 Å². The zero-order valence-corrected chi connectivity index (χ0v) is 16.3. The van der Waals surface area contributed by atoms with Crippen molar-refractivity contribution in [3.8, 4) is 0 Å². The Bertz CT molecular complexity index is 567. The normalized spacial score (nSPS) is 14.9. The van der Waals surface area contributed by atoms with Crippen molar-refractivity contribution in [2.24, 2.45) is 17.3 Å². The second kappa shape index (κ2) is 10.4. The summed E-state index contributed by atoms with van der Waals surface area (Å²) >= 11 is 0. The van der Waals surface area contributed by atoms with Gasteiger partial charge in [-0.05, 0) is 36.8 Å². The van der Waals surface area contributed by atoms with Gasteiger partial charge in [0.2, 0.25) is 0 Å². The molecule has 1 aromatic carbocycles. The topological polar surface area (TPSA) is 83.8 Å². The highest BCUT2D eigenvalue weighted by Crippen LogP contribution is 2.39. The van der Waals surface area contributed by atoms with E-state index in [9.17, 15) is 19.8 Å². The molecule has 0 fully saturated rings. The standard InChI is InChI=1S/C21H32O5/c1-15(2)12-13-21(14-22,16(3)4)18(23)10-11-19(24)26-20(25)17-8-6-5-7-9-17/h5-9,15-16,18,22-23H,10-14H2,1-4H3. The molecule has 5 nitrogen and oxygen atoms in total. The summed E-state index contributed by atoms with van der Waals surface area (Å²) in [6.07, 6.45) is 0.795. The number of benzene rings is 1. The van der Waals surface area contributed by atoms with Crippen molar-refractivity contribution >= 4 is 11.9 Å². The summed E-state index contributed by atoms with van der Waals surface area (Å²) in [4.78, 5) is 23.9. The van der Waals surface area contributed by atoms with Crippen LogP contribution < -0.4 is 0 Å². The maximum Gasteiger partial charge on any atom is 0.345 e. The number of carbonyl (C=O) groups excluding carboxylic acids is 2. The summed E-state index contributed by atoms with van der Waals surface area (Å²) in [7, 11) is 0. The molecule has 0 aliphatic carbocycles. The first-order valence-corrected chi connectivity index (χ1v) is 9.32. The number of ether oxygens (including phenoxy) is 1. The summed E-state index contributed by atoms with van der Waals surface area (Å²) in [5.74, 6) is -0.844. The van der Waals surface area contributed by atoms with E-state index in [0.717, 1.165) is 6.42 Å². The van der Waals surface area contributed by atoms with Crippen LogP contribution in [0.15, 0.2) is 30.3 Å². The van der Waals surface area contributed by atoms with Crippen LogP contribution in [0.1, 0.15) is 63.7 Å². The van der Waals surface area contributed by atoms with Gasteiger partial charge in [-0.2, -0.15) is 0 Å². The fraction of sp³-hybridized carbons (Fsp3) is 0.619. The molecule has 0 bridgehead atoms. The Balaban J connectivity index is 2.64. The van der Waals surface area contributed by atoms with Gasteiger partial charge in [-0.15, -0.1) is 0 Å². The molecular formula is C21H32O5. The maximum atomic E-state index is 12.0. The molecule has 0 heterocycles. The van der Waals surface area contributed by atoms with Crippen LogP contribution in [0.3, 0.4) is 0 Å². The Morgan fingerprint density at radius 3 is 2.19 bits per heavy atom. The first kappa shape index (κ1) is 22.3. The van der Waals surface area contributed by atoms with Gasteiger partial charge in [-0.3, -0.25) is 4.79 Å². The highest BCUT2D eigenvalue weighted by molar-refractivity contribution is 5.96. The molecular weight excluding hydrogens is 332 g/mol. The van der Waals surface area contributed by atoms with Crippen LogP contribution in [0.4, 0.5) is 0 Å². The molecule has 26 heavy (non-hydrogen) atoms. The molecule has 1 aromatic rings. The molecule has 0 aliphatic heterocycles. The van der Waals surface area contributed by atoms with Gasteiger partial charge >= 0.3 is 11.9 Å². The van der Waals surface area contributed by atoms with E-state index in [-0.39, 0.29) is 25.4 Å². The van der Waals surface area contributed by atoms with Crippen LogP contribution in [0.5, 0.6) is 0 Å². The number of rotatable bonds is 10. The van der Waals surface area contributed by atoms with Gasteiger partial charge in [0.05, 0.1) is 18.3 Å². The lowest BCUT2D eigenvalue weighted by atomic mass is 9.68. The molecule has 2 N–H and O–H groups in total. The van der Waals surface area contributed by atoms with Crippen molar-refractivity contribution in [3.63, 3.8) is 0 Å². The summed E-state index contributed by atoms with van der Waals surface area (Å²) < 4.78 is 4.84. The first-order chi connectivity index (χ1) is 12.2. The van der Waals surface area contributed by atoms with E-state index < -0.39 is 23.5 Å². The minimum Gasteiger partial charge on any atom is -0.396 e. The number of carbonyl (C=O) groups is 2. The van der Waals surface area contributed by atoms with E-state index in [1.54, 1.807) is 30.3 Å². The molecule has 0 aromatic heterocycles. The lowest BCUT2D eigenvalue weighted by Gasteiger charge is -2.41. The first-order valence-electron chi connectivity index (χ1n) is 9.32. The van der Waals surface area contributed by atoms with Crippen LogP contribution in [0.25, 0.3) is 0 Å². The van der Waals surface area contributed by atoms with E-state index in [4.69, 9.17) is 4.74 Å². The molecule has 0 saturated carbocycles. The molecule has 146 valence electrons. The van der Waals surface area contributed by atoms with Crippen molar-refractivity contribution in [3.05, 3.63) is 35.9 Å². The van der Waals surface area contributed by atoms with E-state index >= 15 is 0 Å². The van der Waals surface area contributed by atoms with Gasteiger partial charge in [0.15, 0.2) is 0 Å². The van der Waals surface area contributed by atoms with E-state index in [2.05, 4.69) is 13.8 Å². The fourth-order valence-corrected chi connectivity index (χ4v) is 3.09. The molecule has 0 spiro atoms. The molecule has 2 atom stereocenters. The van der Waals surface area contributed by atoms with E-state index in [1.807, 2.05) is 13.8 Å². The lowest BCUT2D eigenvalue weighted by molar-refractivity contribution is -0.140. The van der Waals surface area contributed by atoms with Gasteiger partial charge < -0.3 is 14.9 Å². The molecule has 0 aliphatic rings. The maximum absolute atomic E-state index is 12.0. The Kier molecular flexibility index (Phi) is 8.96. The molecule has 0 amide bonds. The van der Waals surface area contributed by atoms with Gasteiger partial charge in [0, 0.05) is 11.8 Å². The summed E-state index contributed by atoms with van der Waals surface area (Å²) in [6.45, 7) is 7.99. The number of hydrogen-bond donors (Lipinski definition) is 2. The van der Waals surface area contributed by atoms with Crippen molar-refractivity contribution in [2.45, 2.75) is 59.5 Å². The minimum atomic E-state index is -0.842. The second-order valence-corrected chi connectivity index (χ2v) is 7.66. The number of esters is 2. The van der Waals surface area contributed by atoms with Crippen LogP contribution in [-0.2, 0) is 9.53 Å². The highest BCUT2D eigenvalue weighted by atomic mass is 16.6. The molecule has 5 heteroatoms. The Labute approximate surface area is 156 Å². The second-order valence-electron chi connectivity index (χ2n) is 7.66. The Morgan fingerprint density at radius 2 is 1.69 bits per heavy atom. The molecule has 2 unspecified atom stereocenters. The SMILES string of the molecule is CC(C)CCC(CO)(C(C)C)C(O)CCC(=O)OC(=O)c1ccccc1. The quantitative estimate of drug-likeness (QED) is 0.490. The Hall–Kier alpha value is -1.72. The minimum absolute atomic E-state index is 0.0585. The largest absolute Gasteiger partial charge is 0.396 e. The fourth-order valence-electron chi connectivity index (χ4n) is 3.09. The Morgan fingerprint density at radius 1 is 1.08 bits per heavy atom. The van der Waals surface area contributed by atoms with Crippen molar-refractivity contribution in [1.82, 2.24) is 0 Å². The predicted octanol–water partition coefficient (Wildman–Crippen LogP) is 3.58. The molecule has 0 saturated heterocycles. The van der Waals surface area contributed by atoms with Crippen LogP contribution >= 0.6 is 0 Å². The zero-order chi connectivity index (χ0) is 19.7. The lowest BCUT2D eigenvalue weighted by Crippen LogP contribution is -2.43. The summed E-state index contributed by atoms with van der Waals surface area (Å²) in [5, 5.41) is 20.6. The van der Waals surface area contributed by atoms with Crippen LogP contribution in [-0.4, -0.2) is 34.9 Å². The van der Waals surface area contributed by atoms with Gasteiger partial charge in [-0.25, -0.2) is 4.79 Å². The van der Waals surface area contributed by atoms with Crippen molar-refractivity contribution in [2.75, 3.05) is 6.61 Å². The predicted molar refractivity (Wildman–Crippen MR) is 101 cm³/mol. The monoisotopic (exact) mass is 364 g/mol. The third-order valence-corrected chi connectivity index (χ3v) is 5.13. The average Bonchev–Trinajstić information content (AvgIpc) is 2.61. The number of aliphatic hydroxyl groups excluding tert-OH is 2. The molecule has 1 rings (SSSR count). The van der Waals surface area contributed by atoms with Crippen LogP contribution in [0.2, 0.25) is 0 Å². The van der Waals surface area contributed by atoms with Crippen molar-refractivity contribution < 1.29 is 24.5 Å². The van der Waals surface area contributed by atoms with Crippen LogP contribution in [0, 0.1) is 17.3 Å². The van der Waals surface area contributed by atoms with Gasteiger partial charge in [0.25, 0.3) is 0 Å². The highest BCUT2D eigenvalue weighted by Gasteiger charge is 2.40. The molecule has 0 radical (unpaired) electrons. The number of aliphatic hydroxyl groups is 2. The third kappa shape index (κ3) is 6.22. The van der Waals surface area contributed by atoms with E-state index in [0.29, 0.717) is 17.9 Å². The zero-order valence-electron chi connectivity index (χ0n) is 16.3. The summed E-state index contributed by atoms with van der Waals surface area (Å²) in [6, 6.07) is 8.31. The van der Waals surface area contributed by atoms with Gasteiger partial charge in [-0.1, -0.05) is 52.3 Å². The average molecular weight is 364 g/mol.